The van der Waals surface area contributed by atoms with Crippen LogP contribution in [0.1, 0.15) is 6.92 Å². The second-order valence-electron chi connectivity index (χ2n) is 3.09. The summed E-state index contributed by atoms with van der Waals surface area (Å²) >= 11 is 0. The molecule has 78 valence electrons. The maximum Gasteiger partial charge on any atom is 0.147 e. The van der Waals surface area contributed by atoms with Crippen LogP contribution in [0.25, 0.3) is 10.8 Å². The number of hydrogen-bond acceptors (Lipinski definition) is 4. The van der Waals surface area contributed by atoms with Crippen molar-refractivity contribution >= 4 is 16.6 Å². The molecule has 3 N–H and O–H groups in total. The van der Waals surface area contributed by atoms with Crippen LogP contribution in [0.3, 0.4) is 0 Å². The molecule has 2 aromatic rings. The Labute approximate surface area is 88.0 Å². The number of nitrogens with zero attached hydrogens (tertiary/aromatic N) is 1. The van der Waals surface area contributed by atoms with E-state index in [2.05, 4.69) is 10.4 Å². The summed E-state index contributed by atoms with van der Waals surface area (Å²) in [6, 6.07) is 7.74. The number of nitrogens with two attached hydrogens (primary N) is 1. The molecular weight excluding hydrogens is 190 g/mol. The highest BCUT2D eigenvalue weighted by atomic mass is 16.5. The lowest BCUT2D eigenvalue weighted by atomic mass is 10.1. The normalized spacial score (nSPS) is 10.3. The Balaban J connectivity index is 2.65. The monoisotopic (exact) mass is 203 g/mol. The lowest BCUT2D eigenvalue weighted by Gasteiger charge is -2.09. The molecule has 0 saturated heterocycles. The SMILES string of the molecule is CCOc1cccc2c(NN)nccc12. The Kier molecular flexibility index (Phi) is 2.69. The largest absolute Gasteiger partial charge is 0.493 e. The van der Waals surface area contributed by atoms with Crippen LogP contribution in [0.4, 0.5) is 5.82 Å². The first kappa shape index (κ1) is 9.73. The molecule has 0 atom stereocenters. The van der Waals surface area contributed by atoms with Gasteiger partial charge in [0.2, 0.25) is 0 Å². The topological polar surface area (TPSA) is 60.2 Å². The molecule has 0 unspecified atom stereocenters. The predicted molar refractivity (Wildman–Crippen MR) is 60.7 cm³/mol. The molecule has 0 spiro atoms. The highest BCUT2D eigenvalue weighted by molar-refractivity contribution is 5.95. The van der Waals surface area contributed by atoms with Crippen LogP contribution in [0, 0.1) is 0 Å². The number of nitrogen functional groups attached to an aromatic ring is 1. The molecule has 0 aliphatic rings. The highest BCUT2D eigenvalue weighted by Gasteiger charge is 2.04. The fraction of sp³-hybridized carbons (Fsp3) is 0.182. The average molecular weight is 203 g/mol. The van der Waals surface area contributed by atoms with Gasteiger partial charge in [-0.25, -0.2) is 10.8 Å². The van der Waals surface area contributed by atoms with Gasteiger partial charge in [-0.3, -0.25) is 0 Å². The van der Waals surface area contributed by atoms with Gasteiger partial charge in [0.25, 0.3) is 0 Å². The molecule has 2 rings (SSSR count). The molecule has 0 fully saturated rings. The number of pyridine rings is 1. The van der Waals surface area contributed by atoms with Gasteiger partial charge in [0.15, 0.2) is 0 Å². The molecule has 1 aromatic heterocycles. The molecule has 0 saturated carbocycles. The number of hydrogen-bond donors (Lipinski definition) is 2. The Hall–Kier alpha value is -1.81. The summed E-state index contributed by atoms with van der Waals surface area (Å²) in [7, 11) is 0. The zero-order valence-electron chi connectivity index (χ0n) is 8.53. The number of fused-ring (bicyclic) bond motifs is 1. The fourth-order valence-corrected chi connectivity index (χ4v) is 1.57. The van der Waals surface area contributed by atoms with Gasteiger partial charge in [-0.05, 0) is 19.1 Å². The summed E-state index contributed by atoms with van der Waals surface area (Å²) in [5.41, 5.74) is 2.57. The van der Waals surface area contributed by atoms with Gasteiger partial charge in [0.1, 0.15) is 11.6 Å². The minimum Gasteiger partial charge on any atom is -0.493 e. The second-order valence-corrected chi connectivity index (χ2v) is 3.09. The average Bonchev–Trinajstić information content (AvgIpc) is 2.29. The summed E-state index contributed by atoms with van der Waals surface area (Å²) in [4.78, 5) is 4.13. The third-order valence-electron chi connectivity index (χ3n) is 2.20. The molecule has 0 radical (unpaired) electrons. The van der Waals surface area contributed by atoms with Crippen molar-refractivity contribution in [3.05, 3.63) is 30.5 Å². The van der Waals surface area contributed by atoms with Gasteiger partial charge < -0.3 is 10.2 Å². The van der Waals surface area contributed by atoms with Crippen molar-refractivity contribution in [2.75, 3.05) is 12.0 Å². The number of aromatic nitrogens is 1. The first-order valence-corrected chi connectivity index (χ1v) is 4.84. The summed E-state index contributed by atoms with van der Waals surface area (Å²) in [5.74, 6) is 6.90. The van der Waals surface area contributed by atoms with Crippen LogP contribution in [-0.2, 0) is 0 Å². The smallest absolute Gasteiger partial charge is 0.147 e. The number of ether oxygens (including phenoxy) is 1. The van der Waals surface area contributed by atoms with Crippen molar-refractivity contribution in [2.24, 2.45) is 5.84 Å². The quantitative estimate of drug-likeness (QED) is 0.591. The zero-order valence-corrected chi connectivity index (χ0v) is 8.53. The van der Waals surface area contributed by atoms with Gasteiger partial charge in [0.05, 0.1) is 6.61 Å². The molecule has 0 aliphatic heterocycles. The second kappa shape index (κ2) is 4.14. The number of benzene rings is 1. The number of nitrogens with one attached hydrogen (secondary N) is 1. The lowest BCUT2D eigenvalue weighted by Crippen LogP contribution is -2.08. The van der Waals surface area contributed by atoms with Gasteiger partial charge in [-0.2, -0.15) is 0 Å². The standard InChI is InChI=1S/C11H13N3O/c1-2-15-10-5-3-4-9-8(10)6-7-13-11(9)14-12/h3-7H,2,12H2,1H3,(H,13,14). The fourth-order valence-electron chi connectivity index (χ4n) is 1.57. The number of rotatable bonds is 3. The maximum atomic E-state index is 5.52. The van der Waals surface area contributed by atoms with Crippen molar-refractivity contribution in [3.63, 3.8) is 0 Å². The third kappa shape index (κ3) is 1.71. The van der Waals surface area contributed by atoms with E-state index in [1.165, 1.54) is 0 Å². The minimum atomic E-state index is 0.646. The van der Waals surface area contributed by atoms with Crippen LogP contribution in [-0.4, -0.2) is 11.6 Å². The number of anilines is 1. The summed E-state index contributed by atoms with van der Waals surface area (Å²) < 4.78 is 5.52. The van der Waals surface area contributed by atoms with E-state index in [0.717, 1.165) is 16.5 Å². The highest BCUT2D eigenvalue weighted by Crippen LogP contribution is 2.28. The van der Waals surface area contributed by atoms with Crippen molar-refractivity contribution in [1.29, 1.82) is 0 Å². The van der Waals surface area contributed by atoms with E-state index in [4.69, 9.17) is 10.6 Å². The molecule has 15 heavy (non-hydrogen) atoms. The Morgan fingerprint density at radius 3 is 2.93 bits per heavy atom. The molecule has 1 aromatic carbocycles. The lowest BCUT2D eigenvalue weighted by molar-refractivity contribution is 0.344. The summed E-state index contributed by atoms with van der Waals surface area (Å²) in [6.45, 7) is 2.61. The number of hydrazine groups is 1. The molecule has 4 nitrogen and oxygen atoms in total. The van der Waals surface area contributed by atoms with Crippen LogP contribution < -0.4 is 16.0 Å². The van der Waals surface area contributed by atoms with Crippen LogP contribution in [0.5, 0.6) is 5.75 Å². The molecule has 0 amide bonds. The van der Waals surface area contributed by atoms with E-state index in [1.807, 2.05) is 31.2 Å². The van der Waals surface area contributed by atoms with E-state index in [9.17, 15) is 0 Å². The Morgan fingerprint density at radius 1 is 1.33 bits per heavy atom. The Bertz CT molecular complexity index is 470. The van der Waals surface area contributed by atoms with E-state index in [-0.39, 0.29) is 0 Å². The van der Waals surface area contributed by atoms with Gasteiger partial charge in [-0.15, -0.1) is 0 Å². The first-order chi connectivity index (χ1) is 7.36. The first-order valence-electron chi connectivity index (χ1n) is 4.84. The van der Waals surface area contributed by atoms with Crippen molar-refractivity contribution in [1.82, 2.24) is 4.98 Å². The van der Waals surface area contributed by atoms with Crippen LogP contribution in [0.2, 0.25) is 0 Å². The predicted octanol–water partition coefficient (Wildman–Crippen LogP) is 1.92. The van der Waals surface area contributed by atoms with Crippen LogP contribution in [0.15, 0.2) is 30.5 Å². The molecule has 0 aliphatic carbocycles. The van der Waals surface area contributed by atoms with Crippen molar-refractivity contribution in [2.45, 2.75) is 6.92 Å². The van der Waals surface area contributed by atoms with Crippen molar-refractivity contribution < 1.29 is 4.74 Å². The van der Waals surface area contributed by atoms with E-state index < -0.39 is 0 Å². The van der Waals surface area contributed by atoms with Gasteiger partial charge in [-0.1, -0.05) is 12.1 Å². The summed E-state index contributed by atoms with van der Waals surface area (Å²) in [5, 5.41) is 1.98. The minimum absolute atomic E-state index is 0.646. The van der Waals surface area contributed by atoms with E-state index >= 15 is 0 Å². The molecule has 4 heteroatoms. The molecule has 0 bridgehead atoms. The van der Waals surface area contributed by atoms with E-state index in [1.54, 1.807) is 6.20 Å². The molecular formula is C11H13N3O. The maximum absolute atomic E-state index is 5.52. The van der Waals surface area contributed by atoms with E-state index in [0.29, 0.717) is 12.4 Å². The third-order valence-corrected chi connectivity index (χ3v) is 2.20. The molecule has 1 heterocycles. The van der Waals surface area contributed by atoms with Crippen LogP contribution >= 0.6 is 0 Å². The van der Waals surface area contributed by atoms with Gasteiger partial charge >= 0.3 is 0 Å². The van der Waals surface area contributed by atoms with Gasteiger partial charge in [0, 0.05) is 17.0 Å². The van der Waals surface area contributed by atoms with Crippen molar-refractivity contribution in [3.8, 4) is 5.75 Å². The zero-order chi connectivity index (χ0) is 10.7. The Morgan fingerprint density at radius 2 is 2.20 bits per heavy atom. The summed E-state index contributed by atoms with van der Waals surface area (Å²) in [6.07, 6.45) is 1.71.